The molecule has 0 saturated heterocycles. The van der Waals surface area contributed by atoms with Gasteiger partial charge in [0.25, 0.3) is 0 Å². The number of aliphatic hydroxyl groups excluding tert-OH is 1. The first-order valence-corrected chi connectivity index (χ1v) is 6.85. The van der Waals surface area contributed by atoms with Crippen molar-refractivity contribution in [2.24, 2.45) is 0 Å². The summed E-state index contributed by atoms with van der Waals surface area (Å²) in [5.41, 5.74) is 2.32. The fourth-order valence-electron chi connectivity index (χ4n) is 1.90. The maximum atomic E-state index is 10.0. The number of pyridine rings is 1. The minimum absolute atomic E-state index is 0.316. The minimum Gasteiger partial charge on any atom is -0.393 e. The van der Waals surface area contributed by atoms with Crippen LogP contribution < -0.4 is 0 Å². The highest BCUT2D eigenvalue weighted by Gasteiger charge is 2.08. The number of rotatable bonds is 5. The smallest absolute Gasteiger partial charge is 0.0584 e. The highest BCUT2D eigenvalue weighted by molar-refractivity contribution is 9.10. The van der Waals surface area contributed by atoms with Crippen LogP contribution in [0, 0.1) is 0 Å². The normalized spacial score (nSPS) is 12.3. The molecule has 1 unspecified atom stereocenters. The van der Waals surface area contributed by atoms with Gasteiger partial charge in [0.1, 0.15) is 0 Å². The predicted octanol–water partition coefficient (Wildman–Crippen LogP) is 3.38. The zero-order valence-corrected chi connectivity index (χ0v) is 11.7. The zero-order chi connectivity index (χ0) is 12.8. The summed E-state index contributed by atoms with van der Waals surface area (Å²) in [5.74, 6) is 0. The number of hydrogen-bond donors (Lipinski definition) is 1. The monoisotopic (exact) mass is 305 g/mol. The van der Waals surface area contributed by atoms with Crippen LogP contribution in [0.25, 0.3) is 0 Å². The van der Waals surface area contributed by atoms with Gasteiger partial charge in [-0.3, -0.25) is 4.98 Å². The van der Waals surface area contributed by atoms with Gasteiger partial charge >= 0.3 is 0 Å². The highest BCUT2D eigenvalue weighted by atomic mass is 79.9. The molecule has 1 N–H and O–H groups in total. The number of halogens is 1. The quantitative estimate of drug-likeness (QED) is 0.918. The molecule has 0 fully saturated rings. The van der Waals surface area contributed by atoms with Crippen molar-refractivity contribution in [1.82, 2.24) is 4.98 Å². The van der Waals surface area contributed by atoms with Crippen molar-refractivity contribution in [3.05, 3.63) is 64.4 Å². The fourth-order valence-corrected chi connectivity index (χ4v) is 2.35. The zero-order valence-electron chi connectivity index (χ0n) is 10.1. The van der Waals surface area contributed by atoms with Gasteiger partial charge in [0.15, 0.2) is 0 Å². The van der Waals surface area contributed by atoms with E-state index in [0.29, 0.717) is 6.42 Å². The molecule has 1 aromatic heterocycles. The summed E-state index contributed by atoms with van der Waals surface area (Å²) in [6.07, 6.45) is 5.60. The average Bonchev–Trinajstić information content (AvgIpc) is 2.40. The first-order chi connectivity index (χ1) is 8.75. The van der Waals surface area contributed by atoms with E-state index in [4.69, 9.17) is 0 Å². The summed E-state index contributed by atoms with van der Waals surface area (Å²) in [5, 5.41) is 10.0. The van der Waals surface area contributed by atoms with Crippen molar-refractivity contribution in [2.45, 2.75) is 25.4 Å². The predicted molar refractivity (Wildman–Crippen MR) is 76.4 cm³/mol. The van der Waals surface area contributed by atoms with Gasteiger partial charge in [0.2, 0.25) is 0 Å². The van der Waals surface area contributed by atoms with Gasteiger partial charge in [0, 0.05) is 16.9 Å². The molecule has 18 heavy (non-hydrogen) atoms. The van der Waals surface area contributed by atoms with Crippen LogP contribution >= 0.6 is 15.9 Å². The van der Waals surface area contributed by atoms with E-state index >= 15 is 0 Å². The van der Waals surface area contributed by atoms with E-state index < -0.39 is 0 Å². The Morgan fingerprint density at radius 1 is 1.17 bits per heavy atom. The van der Waals surface area contributed by atoms with E-state index in [1.807, 2.05) is 42.6 Å². The van der Waals surface area contributed by atoms with E-state index in [1.165, 1.54) is 5.56 Å². The first kappa shape index (κ1) is 13.2. The summed E-state index contributed by atoms with van der Waals surface area (Å²) < 4.78 is 1.06. The topological polar surface area (TPSA) is 33.1 Å². The molecule has 1 heterocycles. The molecule has 0 amide bonds. The lowest BCUT2D eigenvalue weighted by Gasteiger charge is -2.11. The molecule has 3 heteroatoms. The van der Waals surface area contributed by atoms with Gasteiger partial charge in [-0.1, -0.05) is 40.2 Å². The summed E-state index contributed by atoms with van der Waals surface area (Å²) >= 11 is 3.50. The SMILES string of the molecule is OC(CCc1cccnc1)Cc1ccccc1Br. The molecule has 0 spiro atoms. The Morgan fingerprint density at radius 2 is 2.00 bits per heavy atom. The summed E-state index contributed by atoms with van der Waals surface area (Å²) in [4.78, 5) is 4.07. The second-order valence-electron chi connectivity index (χ2n) is 4.35. The van der Waals surface area contributed by atoms with E-state index in [9.17, 15) is 5.11 Å². The summed E-state index contributed by atoms with van der Waals surface area (Å²) in [7, 11) is 0. The van der Waals surface area contributed by atoms with Crippen LogP contribution in [-0.4, -0.2) is 16.2 Å². The maximum Gasteiger partial charge on any atom is 0.0584 e. The van der Waals surface area contributed by atoms with Gasteiger partial charge in [-0.25, -0.2) is 0 Å². The third-order valence-corrected chi connectivity index (χ3v) is 3.68. The molecule has 94 valence electrons. The number of aromatic nitrogens is 1. The molecule has 2 aromatic rings. The maximum absolute atomic E-state index is 10.0. The van der Waals surface area contributed by atoms with Crippen LogP contribution in [0.2, 0.25) is 0 Å². The van der Waals surface area contributed by atoms with E-state index in [2.05, 4.69) is 20.9 Å². The second-order valence-corrected chi connectivity index (χ2v) is 5.20. The summed E-state index contributed by atoms with van der Waals surface area (Å²) in [6, 6.07) is 12.0. The molecule has 0 saturated carbocycles. The van der Waals surface area contributed by atoms with Gasteiger partial charge < -0.3 is 5.11 Å². The molecule has 1 atom stereocenters. The molecular formula is C15H16BrNO. The number of aliphatic hydroxyl groups is 1. The molecule has 0 aliphatic rings. The van der Waals surface area contributed by atoms with Crippen LogP contribution in [0.5, 0.6) is 0 Å². The Kier molecular flexibility index (Phi) is 4.90. The molecular weight excluding hydrogens is 290 g/mol. The van der Waals surface area contributed by atoms with Gasteiger partial charge in [0.05, 0.1) is 6.10 Å². The van der Waals surface area contributed by atoms with Crippen molar-refractivity contribution >= 4 is 15.9 Å². The van der Waals surface area contributed by atoms with Crippen LogP contribution in [0.4, 0.5) is 0 Å². The Bertz CT molecular complexity index is 487. The number of nitrogens with zero attached hydrogens (tertiary/aromatic N) is 1. The highest BCUT2D eigenvalue weighted by Crippen LogP contribution is 2.18. The lowest BCUT2D eigenvalue weighted by molar-refractivity contribution is 0.165. The standard InChI is InChI=1S/C15H16BrNO/c16-15-6-2-1-5-13(15)10-14(18)8-7-12-4-3-9-17-11-12/h1-6,9,11,14,18H,7-8,10H2. The molecule has 1 aromatic carbocycles. The Balaban J connectivity index is 1.86. The van der Waals surface area contributed by atoms with E-state index in [-0.39, 0.29) is 6.10 Å². The Hall–Kier alpha value is -1.19. The minimum atomic E-state index is -0.316. The van der Waals surface area contributed by atoms with Crippen LogP contribution in [0.1, 0.15) is 17.5 Å². The molecule has 0 radical (unpaired) electrons. The Labute approximate surface area is 116 Å². The van der Waals surface area contributed by atoms with Crippen LogP contribution in [-0.2, 0) is 12.8 Å². The molecule has 0 aliphatic carbocycles. The van der Waals surface area contributed by atoms with E-state index in [0.717, 1.165) is 22.9 Å². The average molecular weight is 306 g/mol. The van der Waals surface area contributed by atoms with Gasteiger partial charge in [-0.2, -0.15) is 0 Å². The van der Waals surface area contributed by atoms with Gasteiger partial charge in [-0.15, -0.1) is 0 Å². The van der Waals surface area contributed by atoms with Crippen molar-refractivity contribution in [1.29, 1.82) is 0 Å². The lowest BCUT2D eigenvalue weighted by Crippen LogP contribution is -2.12. The molecule has 2 nitrogen and oxygen atoms in total. The number of benzene rings is 1. The van der Waals surface area contributed by atoms with Crippen molar-refractivity contribution < 1.29 is 5.11 Å². The third-order valence-electron chi connectivity index (χ3n) is 2.90. The fraction of sp³-hybridized carbons (Fsp3) is 0.267. The largest absolute Gasteiger partial charge is 0.393 e. The van der Waals surface area contributed by atoms with Crippen molar-refractivity contribution in [2.75, 3.05) is 0 Å². The summed E-state index contributed by atoms with van der Waals surface area (Å²) in [6.45, 7) is 0. The first-order valence-electron chi connectivity index (χ1n) is 6.06. The third kappa shape index (κ3) is 3.93. The van der Waals surface area contributed by atoms with Crippen LogP contribution in [0.3, 0.4) is 0 Å². The molecule has 0 bridgehead atoms. The second kappa shape index (κ2) is 6.66. The van der Waals surface area contributed by atoms with Crippen molar-refractivity contribution in [3.8, 4) is 0 Å². The molecule has 2 rings (SSSR count). The van der Waals surface area contributed by atoms with Crippen LogP contribution in [0.15, 0.2) is 53.3 Å². The Morgan fingerprint density at radius 3 is 2.72 bits per heavy atom. The number of aryl methyl sites for hydroxylation is 1. The van der Waals surface area contributed by atoms with Gasteiger partial charge in [-0.05, 0) is 42.5 Å². The number of hydrogen-bond acceptors (Lipinski definition) is 2. The van der Waals surface area contributed by atoms with Crippen molar-refractivity contribution in [3.63, 3.8) is 0 Å². The molecule has 0 aliphatic heterocycles. The lowest BCUT2D eigenvalue weighted by atomic mass is 10.0. The van der Waals surface area contributed by atoms with E-state index in [1.54, 1.807) is 6.20 Å².